The van der Waals surface area contributed by atoms with Crippen LogP contribution in [0.5, 0.6) is 5.75 Å². The first-order chi connectivity index (χ1) is 16.2. The normalized spacial score (nSPS) is 26.4. The number of ether oxygens (including phenoxy) is 1. The predicted molar refractivity (Wildman–Crippen MR) is 126 cm³/mol. The topological polar surface area (TPSA) is 9.23 Å². The molecule has 0 aliphatic heterocycles. The summed E-state index contributed by atoms with van der Waals surface area (Å²) in [4.78, 5) is 0. The van der Waals surface area contributed by atoms with Gasteiger partial charge >= 0.3 is 12.3 Å². The smallest absolute Gasteiger partial charge is 0.426 e. The molecule has 1 nitrogen and oxygen atoms in total. The lowest BCUT2D eigenvalue weighted by Crippen LogP contribution is -2.41. The SMILES string of the molecule is CCCCCCC1CCC(CCC2CCC(c3ccc(OC(F)(F)C(F)(F)F)cc3)CC2)CC1. The van der Waals surface area contributed by atoms with Crippen molar-refractivity contribution in [1.29, 1.82) is 0 Å². The Kier molecular flexibility index (Phi) is 10.1. The van der Waals surface area contributed by atoms with Gasteiger partial charge in [-0.15, -0.1) is 0 Å². The summed E-state index contributed by atoms with van der Waals surface area (Å²) in [5.41, 5.74) is 0.999. The van der Waals surface area contributed by atoms with Crippen LogP contribution in [0.1, 0.15) is 115 Å². The van der Waals surface area contributed by atoms with Crippen LogP contribution in [0.25, 0.3) is 0 Å². The molecular formula is C28H41F5O. The van der Waals surface area contributed by atoms with Gasteiger partial charge in [0.1, 0.15) is 5.75 Å². The quantitative estimate of drug-likeness (QED) is 0.222. The molecule has 2 aliphatic rings. The standard InChI is InChI=1S/C28H41F5O/c1-2-3-4-5-6-21-7-9-22(10-8-21)11-12-23-13-15-24(16-14-23)25-17-19-26(20-18-25)34-28(32,33)27(29,30)31/h17-24H,2-16H2,1H3. The van der Waals surface area contributed by atoms with E-state index in [0.717, 1.165) is 36.2 Å². The predicted octanol–water partition coefficient (Wildman–Crippen LogP) is 10.1. The molecule has 0 N–H and O–H groups in total. The van der Waals surface area contributed by atoms with E-state index in [-0.39, 0.29) is 0 Å². The Labute approximate surface area is 201 Å². The molecule has 0 heterocycles. The van der Waals surface area contributed by atoms with Gasteiger partial charge in [-0.3, -0.25) is 0 Å². The molecule has 2 fully saturated rings. The molecule has 34 heavy (non-hydrogen) atoms. The molecule has 0 saturated heterocycles. The molecular weight excluding hydrogens is 447 g/mol. The number of rotatable bonds is 11. The van der Waals surface area contributed by atoms with Crippen molar-refractivity contribution in [1.82, 2.24) is 0 Å². The zero-order valence-corrected chi connectivity index (χ0v) is 20.5. The molecule has 2 aliphatic carbocycles. The number of alkyl halides is 5. The first-order valence-corrected chi connectivity index (χ1v) is 13.4. The van der Waals surface area contributed by atoms with Crippen LogP contribution in [0.2, 0.25) is 0 Å². The maximum atomic E-state index is 13.1. The van der Waals surface area contributed by atoms with Gasteiger partial charge in [0, 0.05) is 0 Å². The zero-order chi connectivity index (χ0) is 24.6. The van der Waals surface area contributed by atoms with Crippen LogP contribution in [0, 0.1) is 17.8 Å². The monoisotopic (exact) mass is 488 g/mol. The minimum absolute atomic E-state index is 0.344. The van der Waals surface area contributed by atoms with Crippen molar-refractivity contribution >= 4 is 0 Å². The van der Waals surface area contributed by atoms with Crippen LogP contribution < -0.4 is 4.74 Å². The summed E-state index contributed by atoms with van der Waals surface area (Å²) in [6, 6.07) is 5.71. The Morgan fingerprint density at radius 2 is 1.18 bits per heavy atom. The lowest BCUT2D eigenvalue weighted by atomic mass is 9.74. The van der Waals surface area contributed by atoms with E-state index in [0.29, 0.717) is 5.92 Å². The summed E-state index contributed by atoms with van der Waals surface area (Å²) in [5, 5.41) is 0. The first kappa shape index (κ1) is 27.3. The van der Waals surface area contributed by atoms with Gasteiger partial charge in [0.05, 0.1) is 0 Å². The number of halogens is 5. The minimum atomic E-state index is -5.72. The molecule has 6 heteroatoms. The highest BCUT2D eigenvalue weighted by molar-refractivity contribution is 5.30. The number of benzene rings is 1. The first-order valence-electron chi connectivity index (χ1n) is 13.4. The number of hydrogen-bond donors (Lipinski definition) is 0. The summed E-state index contributed by atoms with van der Waals surface area (Å²) in [7, 11) is 0. The van der Waals surface area contributed by atoms with Crippen LogP contribution >= 0.6 is 0 Å². The third kappa shape index (κ3) is 8.12. The van der Waals surface area contributed by atoms with Crippen LogP contribution in [0.4, 0.5) is 22.0 Å². The van der Waals surface area contributed by atoms with Gasteiger partial charge in [0.15, 0.2) is 0 Å². The molecule has 0 amide bonds. The van der Waals surface area contributed by atoms with Crippen LogP contribution in [0.3, 0.4) is 0 Å². The maximum absolute atomic E-state index is 13.1. The molecule has 0 unspecified atom stereocenters. The highest BCUT2D eigenvalue weighted by atomic mass is 19.4. The fourth-order valence-electron chi connectivity index (χ4n) is 5.94. The van der Waals surface area contributed by atoms with E-state index < -0.39 is 18.0 Å². The van der Waals surface area contributed by atoms with Crippen molar-refractivity contribution in [3.8, 4) is 5.75 Å². The van der Waals surface area contributed by atoms with Gasteiger partial charge in [-0.2, -0.15) is 22.0 Å². The minimum Gasteiger partial charge on any atom is -0.426 e. The molecule has 1 aromatic carbocycles. The average Bonchev–Trinajstić information content (AvgIpc) is 2.81. The van der Waals surface area contributed by atoms with E-state index in [4.69, 9.17) is 0 Å². The summed E-state index contributed by atoms with van der Waals surface area (Å²) in [5.74, 6) is 2.50. The van der Waals surface area contributed by atoms with Crippen molar-refractivity contribution in [3.63, 3.8) is 0 Å². The third-order valence-electron chi connectivity index (χ3n) is 8.19. The fourth-order valence-corrected chi connectivity index (χ4v) is 5.94. The van der Waals surface area contributed by atoms with Crippen molar-refractivity contribution in [2.75, 3.05) is 0 Å². The van der Waals surface area contributed by atoms with E-state index >= 15 is 0 Å². The molecule has 0 bridgehead atoms. The van der Waals surface area contributed by atoms with Crippen molar-refractivity contribution in [2.24, 2.45) is 17.8 Å². The van der Waals surface area contributed by atoms with Crippen LogP contribution in [0.15, 0.2) is 24.3 Å². The lowest BCUT2D eigenvalue weighted by molar-refractivity contribution is -0.360. The Morgan fingerprint density at radius 3 is 1.68 bits per heavy atom. The summed E-state index contributed by atoms with van der Waals surface area (Å²) in [6.07, 6.45) is 8.71. The van der Waals surface area contributed by atoms with E-state index in [1.807, 2.05) is 0 Å². The number of unbranched alkanes of at least 4 members (excludes halogenated alkanes) is 3. The second kappa shape index (κ2) is 12.6. The van der Waals surface area contributed by atoms with E-state index in [2.05, 4.69) is 11.7 Å². The maximum Gasteiger partial charge on any atom is 0.499 e. The lowest BCUT2D eigenvalue weighted by Gasteiger charge is -2.32. The van der Waals surface area contributed by atoms with Gasteiger partial charge in [-0.1, -0.05) is 89.7 Å². The van der Waals surface area contributed by atoms with Gasteiger partial charge in [0.25, 0.3) is 0 Å². The van der Waals surface area contributed by atoms with Gasteiger partial charge in [-0.05, 0) is 67.1 Å². The fraction of sp³-hybridized carbons (Fsp3) is 0.786. The zero-order valence-electron chi connectivity index (χ0n) is 20.5. The molecule has 0 spiro atoms. The molecule has 2 saturated carbocycles. The van der Waals surface area contributed by atoms with E-state index in [9.17, 15) is 22.0 Å². The van der Waals surface area contributed by atoms with Crippen molar-refractivity contribution in [3.05, 3.63) is 29.8 Å². The second-order valence-electron chi connectivity index (χ2n) is 10.7. The van der Waals surface area contributed by atoms with Gasteiger partial charge in [-0.25, -0.2) is 0 Å². The molecule has 0 radical (unpaired) electrons. The average molecular weight is 489 g/mol. The Morgan fingerprint density at radius 1 is 0.676 bits per heavy atom. The Hall–Kier alpha value is -1.33. The van der Waals surface area contributed by atoms with E-state index in [1.54, 1.807) is 12.1 Å². The Balaban J connectivity index is 1.33. The highest BCUT2D eigenvalue weighted by Gasteiger charge is 2.61. The van der Waals surface area contributed by atoms with Gasteiger partial charge in [0.2, 0.25) is 0 Å². The molecule has 194 valence electrons. The van der Waals surface area contributed by atoms with Crippen LogP contribution in [-0.4, -0.2) is 12.3 Å². The summed E-state index contributed by atoms with van der Waals surface area (Å²) >= 11 is 0. The largest absolute Gasteiger partial charge is 0.499 e. The summed E-state index contributed by atoms with van der Waals surface area (Å²) < 4.78 is 67.0. The highest BCUT2D eigenvalue weighted by Crippen LogP contribution is 2.41. The molecule has 3 rings (SSSR count). The molecule has 0 atom stereocenters. The van der Waals surface area contributed by atoms with E-state index in [1.165, 1.54) is 95.6 Å². The van der Waals surface area contributed by atoms with Gasteiger partial charge < -0.3 is 4.74 Å². The molecule has 0 aromatic heterocycles. The third-order valence-corrected chi connectivity index (χ3v) is 8.19. The van der Waals surface area contributed by atoms with Crippen molar-refractivity contribution < 1.29 is 26.7 Å². The Bertz CT molecular complexity index is 699. The van der Waals surface area contributed by atoms with Crippen molar-refractivity contribution in [2.45, 2.75) is 121 Å². The molecule has 1 aromatic rings. The summed E-state index contributed by atoms with van der Waals surface area (Å²) in [6.45, 7) is 2.27. The number of hydrogen-bond acceptors (Lipinski definition) is 1. The van der Waals surface area contributed by atoms with Crippen LogP contribution in [-0.2, 0) is 0 Å². The second-order valence-corrected chi connectivity index (χ2v) is 10.7.